The lowest BCUT2D eigenvalue weighted by Crippen LogP contribution is -2.19. The molecule has 0 aromatic heterocycles. The second kappa shape index (κ2) is 8.57. The number of anilines is 2. The van der Waals surface area contributed by atoms with Crippen molar-refractivity contribution < 1.29 is 9.72 Å². The highest BCUT2D eigenvalue weighted by Gasteiger charge is 2.19. The van der Waals surface area contributed by atoms with Crippen molar-refractivity contribution in [2.45, 2.75) is 26.7 Å². The summed E-state index contributed by atoms with van der Waals surface area (Å²) in [5.74, 6) is -0.547. The number of benzene rings is 2. The number of carbonyl (C=O) groups excluding carboxylic acids is 1. The van der Waals surface area contributed by atoms with Crippen LogP contribution in [0.4, 0.5) is 17.1 Å². The molecular weight excluding hydrogens is 368 g/mol. The summed E-state index contributed by atoms with van der Waals surface area (Å²) in [5, 5.41) is 23.5. The molecule has 7 heteroatoms. The summed E-state index contributed by atoms with van der Waals surface area (Å²) in [6.45, 7) is 5.60. The molecule has 1 fully saturated rings. The van der Waals surface area contributed by atoms with Crippen LogP contribution in [0.25, 0.3) is 6.08 Å². The van der Waals surface area contributed by atoms with Crippen LogP contribution in [-0.2, 0) is 4.79 Å². The van der Waals surface area contributed by atoms with Gasteiger partial charge >= 0.3 is 0 Å². The van der Waals surface area contributed by atoms with E-state index in [0.717, 1.165) is 42.7 Å². The van der Waals surface area contributed by atoms with Gasteiger partial charge < -0.3 is 10.2 Å². The fraction of sp³-hybridized carbons (Fsp3) is 0.273. The quantitative estimate of drug-likeness (QED) is 0.354. The Kier molecular flexibility index (Phi) is 5.93. The maximum Gasteiger partial charge on any atom is 0.270 e. The van der Waals surface area contributed by atoms with Gasteiger partial charge in [0.25, 0.3) is 11.6 Å². The smallest absolute Gasteiger partial charge is 0.270 e. The molecule has 0 saturated carbocycles. The lowest BCUT2D eigenvalue weighted by molar-refractivity contribution is -0.384. The molecule has 0 unspecified atom stereocenters. The Balaban J connectivity index is 1.95. The van der Waals surface area contributed by atoms with Gasteiger partial charge in [-0.3, -0.25) is 14.9 Å². The number of nitriles is 1. The van der Waals surface area contributed by atoms with Crippen LogP contribution in [-0.4, -0.2) is 23.9 Å². The predicted molar refractivity (Wildman–Crippen MR) is 113 cm³/mol. The molecule has 1 N–H and O–H groups in total. The van der Waals surface area contributed by atoms with Crippen molar-refractivity contribution >= 4 is 29.0 Å². The van der Waals surface area contributed by atoms with Crippen molar-refractivity contribution in [2.24, 2.45) is 0 Å². The average Bonchev–Trinajstić information content (AvgIpc) is 3.23. The third-order valence-electron chi connectivity index (χ3n) is 5.10. The number of hydrogen-bond donors (Lipinski definition) is 1. The number of aryl methyl sites for hydroxylation is 2. The first-order valence-corrected chi connectivity index (χ1v) is 9.43. The van der Waals surface area contributed by atoms with Gasteiger partial charge in [0.2, 0.25) is 0 Å². The van der Waals surface area contributed by atoms with E-state index >= 15 is 0 Å². The van der Waals surface area contributed by atoms with Crippen molar-refractivity contribution in [3.63, 3.8) is 0 Å². The molecule has 0 atom stereocenters. The molecule has 2 aromatic rings. The minimum absolute atomic E-state index is 0.0777. The number of hydrogen-bond acceptors (Lipinski definition) is 5. The molecule has 1 saturated heterocycles. The van der Waals surface area contributed by atoms with E-state index in [2.05, 4.69) is 10.2 Å². The van der Waals surface area contributed by atoms with Gasteiger partial charge in [0, 0.05) is 42.2 Å². The van der Waals surface area contributed by atoms with E-state index in [9.17, 15) is 20.2 Å². The zero-order valence-electron chi connectivity index (χ0n) is 16.4. The third kappa shape index (κ3) is 4.61. The Labute approximate surface area is 169 Å². The molecule has 1 amide bonds. The predicted octanol–water partition coefficient (Wildman–Crippen LogP) is 4.36. The first kappa shape index (κ1) is 20.1. The lowest BCUT2D eigenvalue weighted by Gasteiger charge is -2.20. The molecule has 0 bridgehead atoms. The zero-order valence-corrected chi connectivity index (χ0v) is 16.4. The first-order valence-electron chi connectivity index (χ1n) is 9.43. The van der Waals surface area contributed by atoms with Crippen molar-refractivity contribution in [3.05, 3.63) is 68.8 Å². The molecule has 1 aliphatic rings. The Bertz CT molecular complexity index is 1030. The van der Waals surface area contributed by atoms with Crippen LogP contribution in [0, 0.1) is 35.3 Å². The molecule has 0 radical (unpaired) electrons. The number of nitrogens with zero attached hydrogens (tertiary/aromatic N) is 3. The fourth-order valence-electron chi connectivity index (χ4n) is 3.34. The topological polar surface area (TPSA) is 99.3 Å². The van der Waals surface area contributed by atoms with E-state index in [1.54, 1.807) is 12.1 Å². The summed E-state index contributed by atoms with van der Waals surface area (Å²) in [5.41, 5.74) is 3.83. The maximum atomic E-state index is 12.6. The highest BCUT2D eigenvalue weighted by atomic mass is 16.6. The lowest BCUT2D eigenvalue weighted by atomic mass is 10.1. The van der Waals surface area contributed by atoms with Crippen LogP contribution >= 0.6 is 0 Å². The fourth-order valence-corrected chi connectivity index (χ4v) is 3.34. The molecule has 3 rings (SSSR count). The van der Waals surface area contributed by atoms with Crippen LogP contribution in [0.2, 0.25) is 0 Å². The van der Waals surface area contributed by atoms with Crippen molar-refractivity contribution in [1.29, 1.82) is 5.26 Å². The molecule has 1 aliphatic heterocycles. The summed E-state index contributed by atoms with van der Waals surface area (Å²) in [6.07, 6.45) is 3.51. The van der Waals surface area contributed by atoms with Gasteiger partial charge in [-0.15, -0.1) is 0 Å². The molecule has 1 heterocycles. The van der Waals surface area contributed by atoms with Crippen LogP contribution in [0.1, 0.15) is 29.5 Å². The number of amides is 1. The molecule has 2 aromatic carbocycles. The molecule has 7 nitrogen and oxygen atoms in total. The average molecular weight is 390 g/mol. The molecule has 0 aliphatic carbocycles. The van der Waals surface area contributed by atoms with Gasteiger partial charge in [0.15, 0.2) is 0 Å². The highest BCUT2D eigenvalue weighted by molar-refractivity contribution is 6.10. The Morgan fingerprint density at radius 3 is 2.52 bits per heavy atom. The van der Waals surface area contributed by atoms with Crippen molar-refractivity contribution in [2.75, 3.05) is 23.3 Å². The van der Waals surface area contributed by atoms with Crippen molar-refractivity contribution in [1.82, 2.24) is 0 Å². The summed E-state index contributed by atoms with van der Waals surface area (Å²) in [4.78, 5) is 25.5. The van der Waals surface area contributed by atoms with Gasteiger partial charge in [0.1, 0.15) is 11.6 Å². The monoisotopic (exact) mass is 390 g/mol. The first-order chi connectivity index (χ1) is 13.9. The second-order valence-corrected chi connectivity index (χ2v) is 7.12. The summed E-state index contributed by atoms with van der Waals surface area (Å²) < 4.78 is 0. The number of nitro groups is 1. The largest absolute Gasteiger partial charge is 0.371 e. The van der Waals surface area contributed by atoms with E-state index < -0.39 is 10.8 Å². The van der Waals surface area contributed by atoms with Gasteiger partial charge in [-0.05, 0) is 62.1 Å². The van der Waals surface area contributed by atoms with Gasteiger partial charge in [0.05, 0.1) is 4.92 Å². The summed E-state index contributed by atoms with van der Waals surface area (Å²) in [7, 11) is 0. The van der Waals surface area contributed by atoms with Gasteiger partial charge in [-0.1, -0.05) is 6.07 Å². The van der Waals surface area contributed by atoms with Gasteiger partial charge in [-0.2, -0.15) is 5.26 Å². The summed E-state index contributed by atoms with van der Waals surface area (Å²) >= 11 is 0. The van der Waals surface area contributed by atoms with Crippen LogP contribution in [0.5, 0.6) is 0 Å². The SMILES string of the molecule is Cc1ccc(NC(=O)C(C#N)=Cc2cc([N+](=O)[O-])ccc2N2CCCC2)cc1C. The molecule has 148 valence electrons. The van der Waals surface area contributed by atoms with E-state index in [4.69, 9.17) is 0 Å². The Hall–Kier alpha value is -3.66. The minimum Gasteiger partial charge on any atom is -0.371 e. The van der Waals surface area contributed by atoms with Crippen LogP contribution < -0.4 is 10.2 Å². The number of nitro benzene ring substituents is 1. The maximum absolute atomic E-state index is 12.6. The Morgan fingerprint density at radius 1 is 1.17 bits per heavy atom. The van der Waals surface area contributed by atoms with E-state index in [0.29, 0.717) is 11.3 Å². The molecular formula is C22H22N4O3. The normalized spacial score (nSPS) is 13.8. The van der Waals surface area contributed by atoms with E-state index in [1.165, 1.54) is 18.2 Å². The zero-order chi connectivity index (χ0) is 21.0. The van der Waals surface area contributed by atoms with E-state index in [1.807, 2.05) is 32.0 Å². The number of non-ortho nitro benzene ring substituents is 1. The van der Waals surface area contributed by atoms with Crippen LogP contribution in [0.3, 0.4) is 0 Å². The standard InChI is InChI=1S/C22H22N4O3/c1-15-5-6-19(11-16(15)2)24-22(27)18(14-23)12-17-13-20(26(28)29)7-8-21(17)25-9-3-4-10-25/h5-8,11-13H,3-4,9-10H2,1-2H3,(H,24,27). The minimum atomic E-state index is -0.547. The number of rotatable bonds is 5. The van der Waals surface area contributed by atoms with Gasteiger partial charge in [-0.25, -0.2) is 0 Å². The number of carbonyl (C=O) groups is 1. The molecule has 29 heavy (non-hydrogen) atoms. The highest BCUT2D eigenvalue weighted by Crippen LogP contribution is 2.30. The third-order valence-corrected chi connectivity index (χ3v) is 5.10. The number of nitrogens with one attached hydrogen (secondary N) is 1. The van der Waals surface area contributed by atoms with E-state index in [-0.39, 0.29) is 11.3 Å². The second-order valence-electron chi connectivity index (χ2n) is 7.12. The van der Waals surface area contributed by atoms with Crippen molar-refractivity contribution in [3.8, 4) is 6.07 Å². The van der Waals surface area contributed by atoms with Crippen LogP contribution in [0.15, 0.2) is 42.0 Å². The molecule has 0 spiro atoms. The Morgan fingerprint density at radius 2 is 1.90 bits per heavy atom. The summed E-state index contributed by atoms with van der Waals surface area (Å²) in [6, 6.07) is 12.0.